The van der Waals surface area contributed by atoms with E-state index in [2.05, 4.69) is 26.1 Å². The first-order valence-corrected chi connectivity index (χ1v) is 7.83. The van der Waals surface area contributed by atoms with E-state index in [4.69, 9.17) is 4.74 Å². The highest BCUT2D eigenvalue weighted by molar-refractivity contribution is 9.10. The lowest BCUT2D eigenvalue weighted by molar-refractivity contribution is 0.0620. The van der Waals surface area contributed by atoms with Crippen molar-refractivity contribution in [2.75, 3.05) is 26.7 Å². The van der Waals surface area contributed by atoms with Crippen molar-refractivity contribution < 1.29 is 9.53 Å². The molecule has 4 rings (SSSR count). The van der Waals surface area contributed by atoms with Crippen LogP contribution in [-0.4, -0.2) is 43.6 Å². The van der Waals surface area contributed by atoms with Gasteiger partial charge in [-0.05, 0) is 66.0 Å². The predicted octanol–water partition coefficient (Wildman–Crippen LogP) is 2.28. The first-order chi connectivity index (χ1) is 9.67. The van der Waals surface area contributed by atoms with Crippen molar-refractivity contribution in [3.8, 4) is 5.75 Å². The molecule has 0 saturated carbocycles. The predicted molar refractivity (Wildman–Crippen MR) is 81.1 cm³/mol. The normalized spacial score (nSPS) is 28.2. The number of benzene rings is 1. The minimum atomic E-state index is 0.00658. The molecule has 2 bridgehead atoms. The van der Waals surface area contributed by atoms with Crippen LogP contribution in [0.4, 0.5) is 0 Å². The van der Waals surface area contributed by atoms with E-state index in [0.717, 1.165) is 16.8 Å². The second kappa shape index (κ2) is 5.74. The van der Waals surface area contributed by atoms with Crippen LogP contribution in [0.1, 0.15) is 23.2 Å². The van der Waals surface area contributed by atoms with Gasteiger partial charge in [-0.15, -0.1) is 0 Å². The van der Waals surface area contributed by atoms with Crippen molar-refractivity contribution in [1.82, 2.24) is 10.2 Å². The third-order valence-electron chi connectivity index (χ3n) is 4.39. The summed E-state index contributed by atoms with van der Waals surface area (Å²) < 4.78 is 5.99. The Labute approximate surface area is 127 Å². The Balaban J connectivity index is 1.68. The molecule has 3 aliphatic rings. The lowest BCUT2D eigenvalue weighted by Crippen LogP contribution is -2.57. The number of nitrogens with zero attached hydrogens (tertiary/aromatic N) is 1. The number of carbonyl (C=O) groups excluding carboxylic acids is 1. The van der Waals surface area contributed by atoms with Gasteiger partial charge in [-0.3, -0.25) is 4.79 Å². The molecule has 1 N–H and O–H groups in total. The van der Waals surface area contributed by atoms with Crippen LogP contribution in [0, 0.1) is 5.92 Å². The Morgan fingerprint density at radius 2 is 2.15 bits per heavy atom. The van der Waals surface area contributed by atoms with E-state index in [1.165, 1.54) is 25.9 Å². The fraction of sp³-hybridized carbons (Fsp3) is 0.533. The number of nitrogens with one attached hydrogen (secondary N) is 1. The summed E-state index contributed by atoms with van der Waals surface area (Å²) in [5, 5.41) is 3.19. The molecule has 108 valence electrons. The summed E-state index contributed by atoms with van der Waals surface area (Å²) in [6, 6.07) is 5.73. The second-order valence-electron chi connectivity index (χ2n) is 5.57. The Kier molecular flexibility index (Phi) is 3.98. The van der Waals surface area contributed by atoms with Gasteiger partial charge in [0, 0.05) is 18.2 Å². The molecule has 1 amide bonds. The molecule has 0 spiro atoms. The maximum Gasteiger partial charge on any atom is 0.251 e. The van der Waals surface area contributed by atoms with Crippen molar-refractivity contribution >= 4 is 21.8 Å². The number of rotatable bonds is 3. The number of amides is 1. The second-order valence-corrected chi connectivity index (χ2v) is 6.42. The van der Waals surface area contributed by atoms with Crippen molar-refractivity contribution in [2.24, 2.45) is 5.92 Å². The molecule has 3 heterocycles. The number of carbonyl (C=O) groups is 1. The van der Waals surface area contributed by atoms with Crippen molar-refractivity contribution in [3.05, 3.63) is 28.2 Å². The summed E-state index contributed by atoms with van der Waals surface area (Å²) >= 11 is 3.42. The number of ether oxygens (including phenoxy) is 1. The van der Waals surface area contributed by atoms with Gasteiger partial charge >= 0.3 is 0 Å². The fourth-order valence-electron chi connectivity index (χ4n) is 3.19. The number of hydrogen-bond acceptors (Lipinski definition) is 3. The van der Waals surface area contributed by atoms with Gasteiger partial charge in [-0.2, -0.15) is 0 Å². The molecule has 5 heteroatoms. The molecule has 0 aliphatic carbocycles. The smallest absolute Gasteiger partial charge is 0.251 e. The van der Waals surface area contributed by atoms with Gasteiger partial charge in [0.15, 0.2) is 0 Å². The molecule has 1 aromatic carbocycles. The lowest BCUT2D eigenvalue weighted by Gasteiger charge is -2.44. The lowest BCUT2D eigenvalue weighted by atomic mass is 9.84. The Morgan fingerprint density at radius 1 is 1.40 bits per heavy atom. The SMILES string of the molecule is COc1ccc(C(=O)NC2CN3CCC2CC3)cc1Br. The van der Waals surface area contributed by atoms with Gasteiger partial charge in [0.1, 0.15) is 5.75 Å². The van der Waals surface area contributed by atoms with Crippen LogP contribution >= 0.6 is 15.9 Å². The number of methoxy groups -OCH3 is 1. The molecular weight excluding hydrogens is 320 g/mol. The molecule has 1 unspecified atom stereocenters. The molecule has 4 nitrogen and oxygen atoms in total. The minimum Gasteiger partial charge on any atom is -0.496 e. The first kappa shape index (κ1) is 13.9. The van der Waals surface area contributed by atoms with Crippen molar-refractivity contribution in [2.45, 2.75) is 18.9 Å². The fourth-order valence-corrected chi connectivity index (χ4v) is 3.73. The molecule has 20 heavy (non-hydrogen) atoms. The molecule has 0 radical (unpaired) electrons. The Bertz CT molecular complexity index is 513. The van der Waals surface area contributed by atoms with E-state index in [0.29, 0.717) is 17.5 Å². The van der Waals surface area contributed by atoms with Gasteiger partial charge in [-0.25, -0.2) is 0 Å². The van der Waals surface area contributed by atoms with Crippen LogP contribution < -0.4 is 10.1 Å². The quantitative estimate of drug-likeness (QED) is 0.919. The van der Waals surface area contributed by atoms with Crippen LogP contribution in [0.15, 0.2) is 22.7 Å². The van der Waals surface area contributed by atoms with Crippen LogP contribution in [0.3, 0.4) is 0 Å². The standard InChI is InChI=1S/C15H19BrN2O2/c1-20-14-3-2-11(8-12(14)16)15(19)17-13-9-18-6-4-10(13)5-7-18/h2-3,8,10,13H,4-7,9H2,1H3,(H,17,19). The van der Waals surface area contributed by atoms with E-state index >= 15 is 0 Å². The highest BCUT2D eigenvalue weighted by atomic mass is 79.9. The van der Waals surface area contributed by atoms with Gasteiger partial charge in [0.25, 0.3) is 5.91 Å². The number of halogens is 1. The molecule has 3 aliphatic heterocycles. The molecule has 3 saturated heterocycles. The van der Waals surface area contributed by atoms with E-state index < -0.39 is 0 Å². The monoisotopic (exact) mass is 338 g/mol. The molecule has 0 aromatic heterocycles. The van der Waals surface area contributed by atoms with Gasteiger partial charge in [0.05, 0.1) is 11.6 Å². The first-order valence-electron chi connectivity index (χ1n) is 7.04. The summed E-state index contributed by atoms with van der Waals surface area (Å²) in [7, 11) is 1.62. The number of fused-ring (bicyclic) bond motifs is 3. The largest absolute Gasteiger partial charge is 0.496 e. The zero-order valence-electron chi connectivity index (χ0n) is 11.6. The summed E-state index contributed by atoms with van der Waals surface area (Å²) in [4.78, 5) is 14.8. The van der Waals surface area contributed by atoms with Crippen LogP contribution in [0.5, 0.6) is 5.75 Å². The maximum absolute atomic E-state index is 12.3. The van der Waals surface area contributed by atoms with E-state index in [1.807, 2.05) is 12.1 Å². The van der Waals surface area contributed by atoms with E-state index in [1.54, 1.807) is 13.2 Å². The maximum atomic E-state index is 12.3. The van der Waals surface area contributed by atoms with Crippen molar-refractivity contribution in [3.63, 3.8) is 0 Å². The van der Waals surface area contributed by atoms with Crippen LogP contribution in [-0.2, 0) is 0 Å². The molecule has 1 atom stereocenters. The molecule has 3 fully saturated rings. The van der Waals surface area contributed by atoms with Gasteiger partial charge in [-0.1, -0.05) is 0 Å². The molecule has 1 aromatic rings. The number of hydrogen-bond donors (Lipinski definition) is 1. The van der Waals surface area contributed by atoms with Gasteiger partial charge < -0.3 is 15.0 Å². The molecular formula is C15H19BrN2O2. The summed E-state index contributed by atoms with van der Waals surface area (Å²) in [5.74, 6) is 1.39. The zero-order chi connectivity index (χ0) is 14.1. The van der Waals surface area contributed by atoms with E-state index in [-0.39, 0.29) is 5.91 Å². The zero-order valence-corrected chi connectivity index (χ0v) is 13.1. The topological polar surface area (TPSA) is 41.6 Å². The minimum absolute atomic E-state index is 0.00658. The van der Waals surface area contributed by atoms with Crippen LogP contribution in [0.2, 0.25) is 0 Å². The highest BCUT2D eigenvalue weighted by Gasteiger charge is 2.34. The highest BCUT2D eigenvalue weighted by Crippen LogP contribution is 2.28. The summed E-state index contributed by atoms with van der Waals surface area (Å²) in [6.07, 6.45) is 2.41. The third-order valence-corrected chi connectivity index (χ3v) is 5.01. The van der Waals surface area contributed by atoms with Gasteiger partial charge in [0.2, 0.25) is 0 Å². The number of piperidine rings is 3. The summed E-state index contributed by atoms with van der Waals surface area (Å²) in [6.45, 7) is 3.37. The van der Waals surface area contributed by atoms with Crippen LogP contribution in [0.25, 0.3) is 0 Å². The van der Waals surface area contributed by atoms with E-state index in [9.17, 15) is 4.79 Å². The third kappa shape index (κ3) is 2.69. The summed E-state index contributed by atoms with van der Waals surface area (Å²) in [5.41, 5.74) is 0.675. The Hall–Kier alpha value is -1.07. The Morgan fingerprint density at radius 3 is 2.70 bits per heavy atom. The van der Waals surface area contributed by atoms with Crippen molar-refractivity contribution in [1.29, 1.82) is 0 Å². The average molecular weight is 339 g/mol. The average Bonchev–Trinajstić information content (AvgIpc) is 2.48.